The van der Waals surface area contributed by atoms with Gasteiger partial charge in [-0.15, -0.1) is 0 Å². The van der Waals surface area contributed by atoms with Gasteiger partial charge in [-0.1, -0.05) is 42.2 Å². The fourth-order valence-corrected chi connectivity index (χ4v) is 3.61. The Hall–Kier alpha value is -2.31. The molecule has 2 aromatic carbocycles. The lowest BCUT2D eigenvalue weighted by atomic mass is 10.1. The van der Waals surface area contributed by atoms with Gasteiger partial charge in [0.25, 0.3) is 5.91 Å². The lowest BCUT2D eigenvalue weighted by Gasteiger charge is -2.10. The summed E-state index contributed by atoms with van der Waals surface area (Å²) in [5, 5.41) is 2.60. The number of hydrogen-bond acceptors (Lipinski definition) is 5. The van der Waals surface area contributed by atoms with E-state index >= 15 is 0 Å². The van der Waals surface area contributed by atoms with Crippen molar-refractivity contribution < 1.29 is 14.3 Å². The first-order valence-electron chi connectivity index (χ1n) is 8.18. The summed E-state index contributed by atoms with van der Waals surface area (Å²) in [4.78, 5) is 12.3. The first-order chi connectivity index (χ1) is 12.5. The molecule has 1 aliphatic rings. The SMILES string of the molecule is Cc1cc(C)cc(OCCOc2ccc(/C=C3/SC(=S)NC3=O)cc2)c1. The molecule has 0 aromatic heterocycles. The molecule has 1 heterocycles. The molecule has 0 aliphatic carbocycles. The van der Waals surface area contributed by atoms with Crippen LogP contribution in [-0.4, -0.2) is 23.4 Å². The lowest BCUT2D eigenvalue weighted by Crippen LogP contribution is -2.17. The predicted octanol–water partition coefficient (Wildman–Crippen LogP) is 4.25. The number of aryl methyl sites for hydroxylation is 2. The van der Waals surface area contributed by atoms with Gasteiger partial charge in [-0.05, 0) is 60.9 Å². The molecule has 3 rings (SSSR count). The molecular formula is C20H19NO3S2. The highest BCUT2D eigenvalue weighted by Crippen LogP contribution is 2.26. The lowest BCUT2D eigenvalue weighted by molar-refractivity contribution is -0.115. The number of benzene rings is 2. The fraction of sp³-hybridized carbons (Fsp3) is 0.200. The van der Waals surface area contributed by atoms with E-state index in [4.69, 9.17) is 21.7 Å². The highest BCUT2D eigenvalue weighted by atomic mass is 32.2. The summed E-state index contributed by atoms with van der Waals surface area (Å²) in [6, 6.07) is 13.7. The van der Waals surface area contributed by atoms with Crippen LogP contribution in [0, 0.1) is 13.8 Å². The summed E-state index contributed by atoms with van der Waals surface area (Å²) in [7, 11) is 0. The van der Waals surface area contributed by atoms with Gasteiger partial charge in [0.1, 0.15) is 29.0 Å². The van der Waals surface area contributed by atoms with Crippen molar-refractivity contribution in [3.05, 3.63) is 64.1 Å². The summed E-state index contributed by atoms with van der Waals surface area (Å²) >= 11 is 6.25. The van der Waals surface area contributed by atoms with E-state index < -0.39 is 0 Å². The number of nitrogens with one attached hydrogen (secondary N) is 1. The number of amides is 1. The quantitative estimate of drug-likeness (QED) is 0.458. The molecule has 0 bridgehead atoms. The average molecular weight is 386 g/mol. The number of carbonyl (C=O) groups is 1. The molecule has 1 aliphatic heterocycles. The molecule has 0 atom stereocenters. The van der Waals surface area contributed by atoms with Gasteiger partial charge in [0.15, 0.2) is 0 Å². The number of thiocarbonyl (C=S) groups is 1. The minimum atomic E-state index is -0.149. The average Bonchev–Trinajstić information content (AvgIpc) is 2.89. The highest BCUT2D eigenvalue weighted by Gasteiger charge is 2.21. The van der Waals surface area contributed by atoms with E-state index in [2.05, 4.69) is 25.2 Å². The third-order valence-corrected chi connectivity index (χ3v) is 4.80. The summed E-state index contributed by atoms with van der Waals surface area (Å²) < 4.78 is 11.9. The van der Waals surface area contributed by atoms with Crippen LogP contribution in [0.25, 0.3) is 6.08 Å². The largest absolute Gasteiger partial charge is 0.490 e. The number of hydrogen-bond donors (Lipinski definition) is 1. The predicted molar refractivity (Wildman–Crippen MR) is 110 cm³/mol. The van der Waals surface area contributed by atoms with Gasteiger partial charge in [0, 0.05) is 0 Å². The van der Waals surface area contributed by atoms with Crippen LogP contribution in [0.1, 0.15) is 16.7 Å². The zero-order valence-electron chi connectivity index (χ0n) is 14.6. The maximum absolute atomic E-state index is 11.7. The maximum atomic E-state index is 11.7. The Bertz CT molecular complexity index is 840. The van der Waals surface area contributed by atoms with Gasteiger partial charge < -0.3 is 14.8 Å². The molecule has 1 amide bonds. The van der Waals surface area contributed by atoms with E-state index in [0.717, 1.165) is 17.1 Å². The first-order valence-corrected chi connectivity index (χ1v) is 9.41. The number of thioether (sulfide) groups is 1. The molecule has 4 nitrogen and oxygen atoms in total. The summed E-state index contributed by atoms with van der Waals surface area (Å²) in [5.41, 5.74) is 3.28. The van der Waals surface area contributed by atoms with Gasteiger partial charge in [-0.25, -0.2) is 0 Å². The molecule has 134 valence electrons. The third-order valence-electron chi connectivity index (χ3n) is 3.64. The molecule has 2 aromatic rings. The van der Waals surface area contributed by atoms with Crippen molar-refractivity contribution in [2.75, 3.05) is 13.2 Å². The van der Waals surface area contributed by atoms with E-state index in [1.165, 1.54) is 22.9 Å². The van der Waals surface area contributed by atoms with Crippen molar-refractivity contribution in [2.24, 2.45) is 0 Å². The second-order valence-corrected chi connectivity index (χ2v) is 7.66. The van der Waals surface area contributed by atoms with Crippen LogP contribution in [0.4, 0.5) is 0 Å². The topological polar surface area (TPSA) is 47.6 Å². The van der Waals surface area contributed by atoms with E-state index in [-0.39, 0.29) is 5.91 Å². The van der Waals surface area contributed by atoms with Crippen LogP contribution in [0.3, 0.4) is 0 Å². The maximum Gasteiger partial charge on any atom is 0.263 e. The van der Waals surface area contributed by atoms with Crippen LogP contribution >= 0.6 is 24.0 Å². The molecule has 0 spiro atoms. The molecule has 26 heavy (non-hydrogen) atoms. The van der Waals surface area contributed by atoms with Crippen LogP contribution in [-0.2, 0) is 4.79 Å². The van der Waals surface area contributed by atoms with Crippen LogP contribution in [0.2, 0.25) is 0 Å². The Morgan fingerprint density at radius 3 is 2.19 bits per heavy atom. The van der Waals surface area contributed by atoms with Gasteiger partial charge in [0.2, 0.25) is 0 Å². The zero-order valence-corrected chi connectivity index (χ0v) is 16.2. The highest BCUT2D eigenvalue weighted by molar-refractivity contribution is 8.26. The molecule has 1 fully saturated rings. The van der Waals surface area contributed by atoms with E-state index in [1.807, 2.05) is 42.5 Å². The van der Waals surface area contributed by atoms with E-state index in [0.29, 0.717) is 22.4 Å². The van der Waals surface area contributed by atoms with Crippen molar-refractivity contribution >= 4 is 40.3 Å². The van der Waals surface area contributed by atoms with Gasteiger partial charge in [-0.3, -0.25) is 4.79 Å². The Morgan fingerprint density at radius 2 is 1.62 bits per heavy atom. The van der Waals surface area contributed by atoms with E-state index in [9.17, 15) is 4.79 Å². The van der Waals surface area contributed by atoms with Crippen molar-refractivity contribution in [2.45, 2.75) is 13.8 Å². The second-order valence-electron chi connectivity index (χ2n) is 5.94. The van der Waals surface area contributed by atoms with Crippen molar-refractivity contribution in [3.8, 4) is 11.5 Å². The van der Waals surface area contributed by atoms with Crippen molar-refractivity contribution in [1.82, 2.24) is 5.32 Å². The van der Waals surface area contributed by atoms with Crippen molar-refractivity contribution in [3.63, 3.8) is 0 Å². The Balaban J connectivity index is 1.49. The van der Waals surface area contributed by atoms with Gasteiger partial charge in [-0.2, -0.15) is 0 Å². The van der Waals surface area contributed by atoms with E-state index in [1.54, 1.807) is 0 Å². The number of carbonyl (C=O) groups excluding carboxylic acids is 1. The fourth-order valence-electron chi connectivity index (χ4n) is 2.57. The molecule has 0 saturated carbocycles. The van der Waals surface area contributed by atoms with Crippen LogP contribution in [0.5, 0.6) is 11.5 Å². The summed E-state index contributed by atoms with van der Waals surface area (Å²) in [6.45, 7) is 5.03. The molecule has 1 saturated heterocycles. The molecular weight excluding hydrogens is 366 g/mol. The normalized spacial score (nSPS) is 15.2. The van der Waals surface area contributed by atoms with Crippen molar-refractivity contribution in [1.29, 1.82) is 0 Å². The van der Waals surface area contributed by atoms with Gasteiger partial charge in [0.05, 0.1) is 4.91 Å². The van der Waals surface area contributed by atoms with Crippen LogP contribution in [0.15, 0.2) is 47.4 Å². The second kappa shape index (κ2) is 8.38. The number of rotatable bonds is 6. The molecule has 0 radical (unpaired) electrons. The van der Waals surface area contributed by atoms with Gasteiger partial charge >= 0.3 is 0 Å². The zero-order chi connectivity index (χ0) is 18.5. The smallest absolute Gasteiger partial charge is 0.263 e. The Kier molecular flexibility index (Phi) is 5.96. The minimum Gasteiger partial charge on any atom is -0.490 e. The standard InChI is InChI=1S/C20H19NO3S2/c1-13-9-14(2)11-17(10-13)24-8-7-23-16-5-3-15(4-6-16)12-18-19(22)21-20(25)26-18/h3-6,9-12H,7-8H2,1-2H3,(H,21,22,25)/b18-12+. The minimum absolute atomic E-state index is 0.149. The Labute approximate surface area is 162 Å². The molecule has 0 unspecified atom stereocenters. The molecule has 1 N–H and O–H groups in total. The third kappa shape index (κ3) is 5.09. The van der Waals surface area contributed by atoms with Crippen LogP contribution < -0.4 is 14.8 Å². The Morgan fingerprint density at radius 1 is 1.00 bits per heavy atom. The number of ether oxygens (including phenoxy) is 2. The summed E-state index contributed by atoms with van der Waals surface area (Å²) in [6.07, 6.45) is 1.81. The molecule has 6 heteroatoms. The summed E-state index contributed by atoms with van der Waals surface area (Å²) in [5.74, 6) is 1.47. The monoisotopic (exact) mass is 385 g/mol. The first kappa shape index (κ1) is 18.5.